The van der Waals surface area contributed by atoms with Crippen LogP contribution in [0.25, 0.3) is 16.3 Å². The third kappa shape index (κ3) is 3.61. The maximum atomic E-state index is 11.8. The van der Waals surface area contributed by atoms with Gasteiger partial charge in [0.15, 0.2) is 0 Å². The molecule has 23 heavy (non-hydrogen) atoms. The summed E-state index contributed by atoms with van der Waals surface area (Å²) in [5, 5.41) is 0.717. The molecule has 1 heterocycles. The molecule has 0 aliphatic rings. The second kappa shape index (κ2) is 6.41. The molecule has 0 saturated carbocycles. The van der Waals surface area contributed by atoms with Gasteiger partial charge in [-0.25, -0.2) is 9.78 Å². The van der Waals surface area contributed by atoms with Crippen molar-refractivity contribution in [2.75, 3.05) is 0 Å². The van der Waals surface area contributed by atoms with Gasteiger partial charge in [0.2, 0.25) is 5.91 Å². The zero-order valence-electron chi connectivity index (χ0n) is 11.9. The maximum Gasteiger partial charge on any atom is 0.336 e. The van der Waals surface area contributed by atoms with Crippen molar-refractivity contribution in [1.29, 1.82) is 0 Å². The number of nitrogens with zero attached hydrogens (tertiary/aromatic N) is 1. The standard InChI is InChI=1S/C17H12N2O3S/c18-17(21)11-4-3-5-12(10-11)22-16(20)9-8-15-19-13-6-1-2-7-14(13)23-15/h1-10H,(H2,18,21). The molecule has 0 aliphatic heterocycles. The van der Waals surface area contributed by atoms with E-state index in [4.69, 9.17) is 10.5 Å². The number of carbonyl (C=O) groups is 2. The number of hydrogen-bond acceptors (Lipinski definition) is 5. The lowest BCUT2D eigenvalue weighted by Gasteiger charge is -2.02. The Balaban J connectivity index is 1.71. The fraction of sp³-hybridized carbons (Fsp3) is 0. The largest absolute Gasteiger partial charge is 0.423 e. The Labute approximate surface area is 136 Å². The van der Waals surface area contributed by atoms with Gasteiger partial charge in [-0.2, -0.15) is 0 Å². The minimum atomic E-state index is -0.576. The van der Waals surface area contributed by atoms with Crippen LogP contribution in [0.4, 0.5) is 0 Å². The van der Waals surface area contributed by atoms with E-state index in [2.05, 4.69) is 4.98 Å². The third-order valence-corrected chi connectivity index (χ3v) is 4.01. The highest BCUT2D eigenvalue weighted by atomic mass is 32.1. The van der Waals surface area contributed by atoms with Crippen molar-refractivity contribution in [1.82, 2.24) is 4.98 Å². The average Bonchev–Trinajstić information content (AvgIpc) is 2.96. The number of primary amides is 1. The predicted molar refractivity (Wildman–Crippen MR) is 89.2 cm³/mol. The quantitative estimate of drug-likeness (QED) is 0.454. The van der Waals surface area contributed by atoms with Gasteiger partial charge in [0.1, 0.15) is 10.8 Å². The molecule has 5 nitrogen and oxygen atoms in total. The predicted octanol–water partition coefficient (Wildman–Crippen LogP) is 3.01. The Morgan fingerprint density at radius 3 is 2.74 bits per heavy atom. The van der Waals surface area contributed by atoms with Crippen LogP contribution in [0.1, 0.15) is 15.4 Å². The topological polar surface area (TPSA) is 82.3 Å². The van der Waals surface area contributed by atoms with Crippen LogP contribution in [-0.2, 0) is 4.79 Å². The third-order valence-electron chi connectivity index (χ3n) is 3.01. The van der Waals surface area contributed by atoms with E-state index >= 15 is 0 Å². The minimum Gasteiger partial charge on any atom is -0.423 e. The lowest BCUT2D eigenvalue weighted by molar-refractivity contribution is -0.128. The Morgan fingerprint density at radius 2 is 1.96 bits per heavy atom. The van der Waals surface area contributed by atoms with E-state index in [1.165, 1.54) is 23.5 Å². The van der Waals surface area contributed by atoms with Gasteiger partial charge in [-0.05, 0) is 36.4 Å². The van der Waals surface area contributed by atoms with E-state index in [-0.39, 0.29) is 11.3 Å². The summed E-state index contributed by atoms with van der Waals surface area (Å²) in [6, 6.07) is 13.9. The van der Waals surface area contributed by atoms with E-state index in [9.17, 15) is 9.59 Å². The van der Waals surface area contributed by atoms with Crippen molar-refractivity contribution < 1.29 is 14.3 Å². The first-order chi connectivity index (χ1) is 11.1. The maximum absolute atomic E-state index is 11.8. The molecule has 6 heteroatoms. The highest BCUT2D eigenvalue weighted by molar-refractivity contribution is 7.19. The number of aromatic nitrogens is 1. The fourth-order valence-corrected chi connectivity index (χ4v) is 2.83. The molecule has 3 aromatic rings. The van der Waals surface area contributed by atoms with Crippen LogP contribution in [0.2, 0.25) is 0 Å². The van der Waals surface area contributed by atoms with Gasteiger partial charge in [0, 0.05) is 11.6 Å². The van der Waals surface area contributed by atoms with E-state index in [1.807, 2.05) is 24.3 Å². The molecule has 0 saturated heterocycles. The van der Waals surface area contributed by atoms with Crippen LogP contribution >= 0.6 is 11.3 Å². The molecular formula is C17H12N2O3S. The summed E-state index contributed by atoms with van der Waals surface area (Å²) in [4.78, 5) is 27.3. The van der Waals surface area contributed by atoms with Gasteiger partial charge in [0.25, 0.3) is 0 Å². The second-order valence-electron chi connectivity index (χ2n) is 4.67. The number of hydrogen-bond donors (Lipinski definition) is 1. The van der Waals surface area contributed by atoms with Crippen LogP contribution in [0, 0.1) is 0 Å². The molecule has 0 spiro atoms. The van der Waals surface area contributed by atoms with Gasteiger partial charge in [-0.3, -0.25) is 4.79 Å². The smallest absolute Gasteiger partial charge is 0.336 e. The molecule has 2 N–H and O–H groups in total. The molecule has 1 aromatic heterocycles. The number of ether oxygens (including phenoxy) is 1. The van der Waals surface area contributed by atoms with Crippen LogP contribution in [0.15, 0.2) is 54.6 Å². The number of para-hydroxylation sites is 1. The number of nitrogens with two attached hydrogens (primary N) is 1. The van der Waals surface area contributed by atoms with Gasteiger partial charge < -0.3 is 10.5 Å². The van der Waals surface area contributed by atoms with Gasteiger partial charge in [-0.15, -0.1) is 11.3 Å². The molecular weight excluding hydrogens is 312 g/mol. The van der Waals surface area contributed by atoms with E-state index in [1.54, 1.807) is 24.3 Å². The van der Waals surface area contributed by atoms with Crippen LogP contribution in [0.5, 0.6) is 5.75 Å². The zero-order chi connectivity index (χ0) is 16.2. The minimum absolute atomic E-state index is 0.264. The second-order valence-corrected chi connectivity index (χ2v) is 5.73. The molecule has 3 rings (SSSR count). The number of carbonyl (C=O) groups excluding carboxylic acids is 2. The number of benzene rings is 2. The van der Waals surface area contributed by atoms with Crippen molar-refractivity contribution in [3.05, 3.63) is 65.2 Å². The highest BCUT2D eigenvalue weighted by Crippen LogP contribution is 2.22. The molecule has 2 aromatic carbocycles. The fourth-order valence-electron chi connectivity index (χ4n) is 1.96. The van der Waals surface area contributed by atoms with E-state index in [0.29, 0.717) is 5.01 Å². The van der Waals surface area contributed by atoms with Crippen molar-refractivity contribution in [2.24, 2.45) is 5.73 Å². The van der Waals surface area contributed by atoms with Crippen LogP contribution < -0.4 is 10.5 Å². The first-order valence-corrected chi connectivity index (χ1v) is 7.59. The van der Waals surface area contributed by atoms with Crippen molar-refractivity contribution in [3.8, 4) is 5.75 Å². The number of rotatable bonds is 4. The summed E-state index contributed by atoms with van der Waals surface area (Å²) in [5.41, 5.74) is 6.36. The molecule has 0 aliphatic carbocycles. The Kier molecular flexibility index (Phi) is 4.16. The Morgan fingerprint density at radius 1 is 1.13 bits per heavy atom. The van der Waals surface area contributed by atoms with E-state index < -0.39 is 11.9 Å². The summed E-state index contributed by atoms with van der Waals surface area (Å²) < 4.78 is 6.19. The van der Waals surface area contributed by atoms with E-state index in [0.717, 1.165) is 10.2 Å². The normalized spacial score (nSPS) is 11.0. The zero-order valence-corrected chi connectivity index (χ0v) is 12.7. The van der Waals surface area contributed by atoms with Crippen LogP contribution in [-0.4, -0.2) is 16.9 Å². The Bertz CT molecular complexity index is 882. The van der Waals surface area contributed by atoms with Gasteiger partial charge in [0.05, 0.1) is 10.2 Å². The lowest BCUT2D eigenvalue weighted by atomic mass is 10.2. The van der Waals surface area contributed by atoms with Crippen LogP contribution in [0.3, 0.4) is 0 Å². The van der Waals surface area contributed by atoms with Crippen molar-refractivity contribution in [3.63, 3.8) is 0 Å². The summed E-state index contributed by atoms with van der Waals surface area (Å²) in [6.07, 6.45) is 2.90. The number of amides is 1. The summed E-state index contributed by atoms with van der Waals surface area (Å²) >= 11 is 1.49. The summed E-state index contributed by atoms with van der Waals surface area (Å²) in [7, 11) is 0. The highest BCUT2D eigenvalue weighted by Gasteiger charge is 2.06. The molecule has 0 bridgehead atoms. The molecule has 0 radical (unpaired) electrons. The molecule has 1 amide bonds. The molecule has 0 atom stereocenters. The monoisotopic (exact) mass is 324 g/mol. The summed E-state index contributed by atoms with van der Waals surface area (Å²) in [6.45, 7) is 0. The van der Waals surface area contributed by atoms with Gasteiger partial charge in [-0.1, -0.05) is 18.2 Å². The molecule has 114 valence electrons. The summed E-state index contributed by atoms with van der Waals surface area (Å²) in [5.74, 6) is -0.862. The number of fused-ring (bicyclic) bond motifs is 1. The first kappa shape index (κ1) is 14.9. The Hall–Kier alpha value is -2.99. The molecule has 0 fully saturated rings. The molecule has 0 unspecified atom stereocenters. The average molecular weight is 324 g/mol. The first-order valence-electron chi connectivity index (χ1n) is 6.77. The number of thiazole rings is 1. The van der Waals surface area contributed by atoms with Crippen molar-refractivity contribution >= 4 is 39.5 Å². The number of esters is 1. The van der Waals surface area contributed by atoms with Crippen molar-refractivity contribution in [2.45, 2.75) is 0 Å². The SMILES string of the molecule is NC(=O)c1cccc(OC(=O)C=Cc2nc3ccccc3s2)c1. The van der Waals surface area contributed by atoms with Gasteiger partial charge >= 0.3 is 5.97 Å². The lowest BCUT2D eigenvalue weighted by Crippen LogP contribution is -2.11.